The Morgan fingerprint density at radius 2 is 1.91 bits per heavy atom. The number of methoxy groups -OCH3 is 1. The zero-order valence-electron chi connectivity index (χ0n) is 19.0. The normalized spacial score (nSPS) is 16.8. The third-order valence-corrected chi connectivity index (χ3v) is 8.09. The standard InChI is InChI=1S/C24H25Cl2NO7S/c1-34-23-9-5-17(25)12-16(23)11-15-4-6-18(29)14-27(24(15)31)35(32,33)19-7-8-21(26)20(13-19)22(30)3-2-10-28/h5,7-9,12-13,15,28H,2-4,6,10-11,14H2,1H3. The summed E-state index contributed by atoms with van der Waals surface area (Å²) < 4.78 is 32.9. The van der Waals surface area contributed by atoms with E-state index in [9.17, 15) is 22.8 Å². The SMILES string of the molecule is COc1ccc(Cl)cc1CC1CCC(=O)CN(S(=O)(=O)c2ccc(Cl)c(C(=O)CCCO)c2)C1=O. The Kier molecular flexibility index (Phi) is 8.93. The molecule has 11 heteroatoms. The second-order valence-electron chi connectivity index (χ2n) is 8.18. The number of halogens is 2. The van der Waals surface area contributed by atoms with Crippen LogP contribution in [0.15, 0.2) is 41.3 Å². The van der Waals surface area contributed by atoms with Gasteiger partial charge in [-0.2, -0.15) is 0 Å². The summed E-state index contributed by atoms with van der Waals surface area (Å²) in [6, 6.07) is 8.50. The summed E-state index contributed by atoms with van der Waals surface area (Å²) in [6.45, 7) is -0.800. The zero-order chi connectivity index (χ0) is 25.8. The quantitative estimate of drug-likeness (QED) is 0.480. The maximum atomic E-state index is 13.5. The van der Waals surface area contributed by atoms with Crippen molar-refractivity contribution in [2.24, 2.45) is 5.92 Å². The van der Waals surface area contributed by atoms with Gasteiger partial charge in [-0.1, -0.05) is 23.2 Å². The van der Waals surface area contributed by atoms with E-state index in [2.05, 4.69) is 0 Å². The van der Waals surface area contributed by atoms with E-state index in [0.29, 0.717) is 20.6 Å². The molecule has 1 unspecified atom stereocenters. The van der Waals surface area contributed by atoms with Crippen LogP contribution < -0.4 is 4.74 Å². The number of hydrogen-bond acceptors (Lipinski definition) is 7. The van der Waals surface area contributed by atoms with Gasteiger partial charge >= 0.3 is 0 Å². The topological polar surface area (TPSA) is 118 Å². The molecule has 0 radical (unpaired) electrons. The summed E-state index contributed by atoms with van der Waals surface area (Å²) >= 11 is 12.2. The number of ether oxygens (including phenoxy) is 1. The first-order valence-corrected chi connectivity index (χ1v) is 13.1. The van der Waals surface area contributed by atoms with Crippen LogP contribution in [0, 0.1) is 5.92 Å². The van der Waals surface area contributed by atoms with Crippen molar-refractivity contribution >= 4 is 50.7 Å². The predicted molar refractivity (Wildman–Crippen MR) is 130 cm³/mol. The number of hydrogen-bond donors (Lipinski definition) is 1. The van der Waals surface area contributed by atoms with Gasteiger partial charge in [0.25, 0.3) is 10.0 Å². The minimum atomic E-state index is -4.46. The Morgan fingerprint density at radius 3 is 2.60 bits per heavy atom. The van der Waals surface area contributed by atoms with Gasteiger partial charge in [0.15, 0.2) is 11.6 Å². The number of benzene rings is 2. The molecular weight excluding hydrogens is 517 g/mol. The molecule has 1 saturated heterocycles. The fraction of sp³-hybridized carbons (Fsp3) is 0.375. The van der Waals surface area contributed by atoms with Gasteiger partial charge in [0.2, 0.25) is 5.91 Å². The highest BCUT2D eigenvalue weighted by Crippen LogP contribution is 2.31. The van der Waals surface area contributed by atoms with Crippen molar-refractivity contribution in [3.63, 3.8) is 0 Å². The van der Waals surface area contributed by atoms with E-state index in [4.69, 9.17) is 33.0 Å². The molecule has 0 saturated carbocycles. The van der Waals surface area contributed by atoms with Crippen molar-refractivity contribution in [1.29, 1.82) is 0 Å². The van der Waals surface area contributed by atoms with Gasteiger partial charge in [0.1, 0.15) is 5.75 Å². The van der Waals surface area contributed by atoms with Crippen LogP contribution in [-0.4, -0.2) is 55.6 Å². The summed E-state index contributed by atoms with van der Waals surface area (Å²) in [4.78, 5) is 38.0. The minimum Gasteiger partial charge on any atom is -0.496 e. The van der Waals surface area contributed by atoms with E-state index in [0.717, 1.165) is 6.07 Å². The van der Waals surface area contributed by atoms with Crippen molar-refractivity contribution in [2.45, 2.75) is 37.0 Å². The molecule has 0 bridgehead atoms. The molecule has 1 atom stereocenters. The van der Waals surface area contributed by atoms with Gasteiger partial charge in [-0.15, -0.1) is 0 Å². The Morgan fingerprint density at radius 1 is 1.17 bits per heavy atom. The number of sulfonamides is 1. The molecule has 35 heavy (non-hydrogen) atoms. The number of ketones is 2. The molecule has 1 aliphatic rings. The molecule has 0 aliphatic carbocycles. The number of rotatable bonds is 9. The molecule has 8 nitrogen and oxygen atoms in total. The molecule has 1 amide bonds. The number of amides is 1. The first kappa shape index (κ1) is 27.1. The van der Waals surface area contributed by atoms with Gasteiger partial charge in [0.05, 0.1) is 23.6 Å². The van der Waals surface area contributed by atoms with E-state index < -0.39 is 40.0 Å². The van der Waals surface area contributed by atoms with Gasteiger partial charge in [-0.05, 0) is 61.2 Å². The molecule has 0 spiro atoms. The maximum absolute atomic E-state index is 13.5. The van der Waals surface area contributed by atoms with Crippen LogP contribution in [0.3, 0.4) is 0 Å². The van der Waals surface area contributed by atoms with E-state index in [1.54, 1.807) is 18.2 Å². The van der Waals surface area contributed by atoms with Crippen molar-refractivity contribution in [2.75, 3.05) is 20.3 Å². The monoisotopic (exact) mass is 541 g/mol. The lowest BCUT2D eigenvalue weighted by molar-refractivity contribution is -0.131. The Balaban J connectivity index is 1.96. The van der Waals surface area contributed by atoms with Crippen molar-refractivity contribution in [1.82, 2.24) is 4.31 Å². The molecule has 1 N–H and O–H groups in total. The van der Waals surface area contributed by atoms with Gasteiger partial charge in [0, 0.05) is 36.0 Å². The molecule has 1 heterocycles. The highest BCUT2D eigenvalue weighted by atomic mass is 35.5. The summed E-state index contributed by atoms with van der Waals surface area (Å²) in [5.74, 6) is -1.86. The summed E-state index contributed by atoms with van der Waals surface area (Å²) in [5, 5.41) is 9.46. The average molecular weight is 542 g/mol. The smallest absolute Gasteiger partial charge is 0.266 e. The molecule has 1 fully saturated rings. The van der Waals surface area contributed by atoms with Gasteiger partial charge in [-0.3, -0.25) is 14.4 Å². The largest absolute Gasteiger partial charge is 0.496 e. The van der Waals surface area contributed by atoms with E-state index >= 15 is 0 Å². The Labute approximate surface area is 213 Å². The van der Waals surface area contributed by atoms with Gasteiger partial charge in [-0.25, -0.2) is 12.7 Å². The fourth-order valence-corrected chi connectivity index (χ4v) is 5.80. The molecule has 188 valence electrons. The maximum Gasteiger partial charge on any atom is 0.266 e. The van der Waals surface area contributed by atoms with Crippen molar-refractivity contribution in [3.8, 4) is 5.75 Å². The predicted octanol–water partition coefficient (Wildman–Crippen LogP) is 3.70. The summed E-state index contributed by atoms with van der Waals surface area (Å²) in [5.41, 5.74) is 0.586. The number of nitrogens with zero attached hydrogens (tertiary/aromatic N) is 1. The molecule has 2 aromatic carbocycles. The lowest BCUT2D eigenvalue weighted by Crippen LogP contribution is -2.42. The third kappa shape index (κ3) is 6.22. The molecule has 3 rings (SSSR count). The molecule has 1 aliphatic heterocycles. The number of aliphatic hydroxyl groups is 1. The number of Topliss-reactive ketones (excluding diaryl/α,β-unsaturated/α-hetero) is 2. The summed E-state index contributed by atoms with van der Waals surface area (Å²) in [7, 11) is -2.99. The second kappa shape index (κ2) is 11.5. The lowest BCUT2D eigenvalue weighted by Gasteiger charge is -2.24. The first-order valence-electron chi connectivity index (χ1n) is 10.9. The second-order valence-corrected chi connectivity index (χ2v) is 10.9. The number of aliphatic hydroxyl groups excluding tert-OH is 1. The molecular formula is C24H25Cl2NO7S. The van der Waals surface area contributed by atoms with Crippen LogP contribution in [0.1, 0.15) is 41.6 Å². The summed E-state index contributed by atoms with van der Waals surface area (Å²) in [6.07, 6.45) is 0.513. The van der Waals surface area contributed by atoms with Crippen LogP contribution in [-0.2, 0) is 26.0 Å². The number of carbonyl (C=O) groups excluding carboxylic acids is 3. The van der Waals surface area contributed by atoms with Gasteiger partial charge < -0.3 is 9.84 Å². The number of carbonyl (C=O) groups is 3. The minimum absolute atomic E-state index is 0.0234. The molecule has 0 aromatic heterocycles. The first-order chi connectivity index (χ1) is 16.6. The van der Waals surface area contributed by atoms with Crippen LogP contribution in [0.5, 0.6) is 5.75 Å². The van der Waals surface area contributed by atoms with Crippen molar-refractivity contribution < 1.29 is 32.6 Å². The van der Waals surface area contributed by atoms with Crippen LogP contribution in [0.2, 0.25) is 10.0 Å². The van der Waals surface area contributed by atoms with Crippen LogP contribution in [0.4, 0.5) is 0 Å². The molecule has 2 aromatic rings. The van der Waals surface area contributed by atoms with Crippen molar-refractivity contribution in [3.05, 3.63) is 57.6 Å². The van der Waals surface area contributed by atoms with Crippen LogP contribution >= 0.6 is 23.2 Å². The van der Waals surface area contributed by atoms with E-state index in [1.807, 2.05) is 0 Å². The lowest BCUT2D eigenvalue weighted by atomic mass is 9.93. The zero-order valence-corrected chi connectivity index (χ0v) is 21.3. The highest BCUT2D eigenvalue weighted by Gasteiger charge is 2.38. The average Bonchev–Trinajstić information content (AvgIpc) is 2.96. The van der Waals surface area contributed by atoms with E-state index in [-0.39, 0.29) is 54.2 Å². The Bertz CT molecular complexity index is 1250. The highest BCUT2D eigenvalue weighted by molar-refractivity contribution is 7.89. The Hall–Kier alpha value is -2.46. The van der Waals surface area contributed by atoms with E-state index in [1.165, 1.54) is 19.2 Å². The fourth-order valence-electron chi connectivity index (χ4n) is 3.92. The van der Waals surface area contributed by atoms with Crippen LogP contribution in [0.25, 0.3) is 0 Å². The third-order valence-electron chi connectivity index (χ3n) is 5.78.